The SMILES string of the molecule is CC1SC2CC(=O)N2C1C(=O)OC=CCl. The predicted octanol–water partition coefficient (Wildman–Crippen LogP) is 1.30. The van der Waals surface area contributed by atoms with Gasteiger partial charge >= 0.3 is 5.97 Å². The molecule has 2 rings (SSSR count). The van der Waals surface area contributed by atoms with Crippen LogP contribution in [0.1, 0.15) is 13.3 Å². The molecule has 0 aromatic rings. The van der Waals surface area contributed by atoms with Gasteiger partial charge < -0.3 is 9.64 Å². The number of fused-ring (bicyclic) bond motifs is 1. The number of ether oxygens (including phenoxy) is 1. The van der Waals surface area contributed by atoms with Gasteiger partial charge in [-0.05, 0) is 0 Å². The van der Waals surface area contributed by atoms with E-state index in [1.165, 1.54) is 0 Å². The number of hydrogen-bond acceptors (Lipinski definition) is 4. The van der Waals surface area contributed by atoms with Crippen LogP contribution in [0.3, 0.4) is 0 Å². The van der Waals surface area contributed by atoms with Gasteiger partial charge in [0.05, 0.1) is 11.8 Å². The molecule has 2 aliphatic heterocycles. The van der Waals surface area contributed by atoms with Crippen LogP contribution >= 0.6 is 23.4 Å². The molecule has 2 aliphatic rings. The van der Waals surface area contributed by atoms with Crippen molar-refractivity contribution >= 4 is 35.2 Å². The lowest BCUT2D eigenvalue weighted by atomic mass is 10.1. The standard InChI is InChI=1S/C9H10ClNO3S/c1-5-8(9(13)14-3-2-10)11-6(12)4-7(11)15-5/h2-3,5,7-8H,4H2,1H3. The zero-order chi connectivity index (χ0) is 11.0. The van der Waals surface area contributed by atoms with Gasteiger partial charge in [0.15, 0.2) is 0 Å². The molecule has 0 aromatic heterocycles. The van der Waals surface area contributed by atoms with Crippen LogP contribution < -0.4 is 0 Å². The predicted molar refractivity (Wildman–Crippen MR) is 57.2 cm³/mol. The Labute approximate surface area is 96.6 Å². The van der Waals surface area contributed by atoms with E-state index in [0.29, 0.717) is 6.42 Å². The van der Waals surface area contributed by atoms with Crippen LogP contribution in [0.2, 0.25) is 0 Å². The van der Waals surface area contributed by atoms with Gasteiger partial charge in [-0.1, -0.05) is 18.5 Å². The lowest BCUT2D eigenvalue weighted by Crippen LogP contribution is -2.55. The number of esters is 1. The Bertz CT molecular complexity index is 333. The van der Waals surface area contributed by atoms with Crippen molar-refractivity contribution in [3.05, 3.63) is 11.8 Å². The van der Waals surface area contributed by atoms with Crippen LogP contribution in [-0.4, -0.2) is 33.4 Å². The first-order valence-electron chi connectivity index (χ1n) is 4.57. The van der Waals surface area contributed by atoms with Crippen LogP contribution in [0.25, 0.3) is 0 Å². The molecule has 3 atom stereocenters. The summed E-state index contributed by atoms with van der Waals surface area (Å²) in [5, 5.41) is 0.239. The Morgan fingerprint density at radius 1 is 1.73 bits per heavy atom. The van der Waals surface area contributed by atoms with Crippen LogP contribution in [0, 0.1) is 0 Å². The van der Waals surface area contributed by atoms with E-state index in [4.69, 9.17) is 16.3 Å². The highest BCUT2D eigenvalue weighted by Gasteiger charge is 2.53. The fraction of sp³-hybridized carbons (Fsp3) is 0.556. The summed E-state index contributed by atoms with van der Waals surface area (Å²) in [5.74, 6) is -0.392. The molecule has 82 valence electrons. The molecule has 2 heterocycles. The summed E-state index contributed by atoms with van der Waals surface area (Å²) in [6.45, 7) is 1.92. The first kappa shape index (κ1) is 10.8. The zero-order valence-corrected chi connectivity index (χ0v) is 9.62. The summed E-state index contributed by atoms with van der Waals surface area (Å²) in [6.07, 6.45) is 1.66. The number of amides is 1. The van der Waals surface area contributed by atoms with Crippen LogP contribution in [0.15, 0.2) is 11.8 Å². The molecule has 0 aliphatic carbocycles. The average molecular weight is 248 g/mol. The summed E-state index contributed by atoms with van der Waals surface area (Å²) < 4.78 is 4.79. The second-order valence-electron chi connectivity index (χ2n) is 3.44. The summed E-state index contributed by atoms with van der Waals surface area (Å²) in [5.41, 5.74) is 1.13. The van der Waals surface area contributed by atoms with Crippen molar-refractivity contribution in [2.24, 2.45) is 0 Å². The van der Waals surface area contributed by atoms with Crippen molar-refractivity contribution in [2.75, 3.05) is 0 Å². The Morgan fingerprint density at radius 2 is 2.47 bits per heavy atom. The molecule has 2 saturated heterocycles. The second-order valence-corrected chi connectivity index (χ2v) is 5.26. The number of β-lactam (4-membered cyclic amide) rings is 1. The molecule has 2 fully saturated rings. The van der Waals surface area contributed by atoms with Crippen molar-refractivity contribution in [3.8, 4) is 0 Å². The number of hydrogen-bond donors (Lipinski definition) is 0. The summed E-state index contributed by atoms with van der Waals surface area (Å²) in [6, 6.07) is -0.464. The van der Waals surface area contributed by atoms with E-state index >= 15 is 0 Å². The number of nitrogens with zero attached hydrogens (tertiary/aromatic N) is 1. The van der Waals surface area contributed by atoms with Crippen LogP contribution in [0.4, 0.5) is 0 Å². The minimum Gasteiger partial charge on any atom is -0.432 e. The number of thioether (sulfide) groups is 1. The van der Waals surface area contributed by atoms with Gasteiger partial charge in [0.1, 0.15) is 12.3 Å². The minimum absolute atomic E-state index is 0.0219. The van der Waals surface area contributed by atoms with Crippen molar-refractivity contribution in [2.45, 2.75) is 30.0 Å². The highest BCUT2D eigenvalue weighted by Crippen LogP contribution is 2.44. The van der Waals surface area contributed by atoms with E-state index in [2.05, 4.69) is 0 Å². The van der Waals surface area contributed by atoms with Gasteiger partial charge in [0.25, 0.3) is 0 Å². The molecule has 6 heteroatoms. The Kier molecular flexibility index (Phi) is 2.93. The molecule has 0 saturated carbocycles. The first-order valence-corrected chi connectivity index (χ1v) is 5.95. The van der Waals surface area contributed by atoms with Gasteiger partial charge in [-0.3, -0.25) is 4.79 Å². The Hall–Kier alpha value is -0.680. The number of carbonyl (C=O) groups excluding carboxylic acids is 2. The molecule has 0 spiro atoms. The molecule has 4 nitrogen and oxygen atoms in total. The quantitative estimate of drug-likeness (QED) is 0.419. The van der Waals surface area contributed by atoms with E-state index in [1.807, 2.05) is 6.92 Å². The number of rotatable bonds is 2. The monoisotopic (exact) mass is 247 g/mol. The third-order valence-electron chi connectivity index (χ3n) is 2.54. The molecule has 0 aromatic carbocycles. The summed E-state index contributed by atoms with van der Waals surface area (Å²) in [4.78, 5) is 24.5. The molecule has 0 N–H and O–H groups in total. The minimum atomic E-state index is -0.464. The van der Waals surface area contributed by atoms with E-state index in [0.717, 1.165) is 11.8 Å². The fourth-order valence-electron chi connectivity index (χ4n) is 1.87. The topological polar surface area (TPSA) is 46.6 Å². The first-order chi connectivity index (χ1) is 7.15. The maximum absolute atomic E-state index is 11.6. The molecular formula is C9H10ClNO3S. The number of carbonyl (C=O) groups is 2. The fourth-order valence-corrected chi connectivity index (χ4v) is 3.42. The molecule has 0 radical (unpaired) electrons. The van der Waals surface area contributed by atoms with Crippen molar-refractivity contribution < 1.29 is 14.3 Å². The smallest absolute Gasteiger partial charge is 0.334 e. The van der Waals surface area contributed by atoms with E-state index in [-0.39, 0.29) is 16.5 Å². The molecule has 0 bridgehead atoms. The van der Waals surface area contributed by atoms with Gasteiger partial charge in [-0.15, -0.1) is 11.8 Å². The van der Waals surface area contributed by atoms with E-state index < -0.39 is 12.0 Å². The van der Waals surface area contributed by atoms with E-state index in [1.54, 1.807) is 16.7 Å². The van der Waals surface area contributed by atoms with E-state index in [9.17, 15) is 9.59 Å². The summed E-state index contributed by atoms with van der Waals surface area (Å²) >= 11 is 6.89. The third-order valence-corrected chi connectivity index (χ3v) is 4.04. The highest BCUT2D eigenvalue weighted by atomic mass is 35.5. The molecule has 3 unspecified atom stereocenters. The highest BCUT2D eigenvalue weighted by molar-refractivity contribution is 8.00. The zero-order valence-electron chi connectivity index (χ0n) is 8.05. The average Bonchev–Trinajstić information content (AvgIpc) is 2.46. The van der Waals surface area contributed by atoms with Gasteiger partial charge in [0, 0.05) is 10.8 Å². The van der Waals surface area contributed by atoms with Gasteiger partial charge in [-0.25, -0.2) is 4.79 Å². The normalized spacial score (nSPS) is 34.1. The van der Waals surface area contributed by atoms with Gasteiger partial charge in [0.2, 0.25) is 5.91 Å². The Balaban J connectivity index is 2.07. The maximum atomic E-state index is 11.6. The lowest BCUT2D eigenvalue weighted by Gasteiger charge is -2.36. The third kappa shape index (κ3) is 1.74. The lowest BCUT2D eigenvalue weighted by molar-refractivity contribution is -0.156. The second kappa shape index (κ2) is 4.06. The Morgan fingerprint density at radius 3 is 3.07 bits per heavy atom. The largest absolute Gasteiger partial charge is 0.432 e. The van der Waals surface area contributed by atoms with Gasteiger partial charge in [-0.2, -0.15) is 0 Å². The summed E-state index contributed by atoms with van der Waals surface area (Å²) in [7, 11) is 0. The van der Waals surface area contributed by atoms with Crippen LogP contribution in [0.5, 0.6) is 0 Å². The molecular weight excluding hydrogens is 238 g/mol. The molecule has 1 amide bonds. The number of halogens is 1. The molecule has 15 heavy (non-hydrogen) atoms. The maximum Gasteiger partial charge on any atom is 0.334 e. The van der Waals surface area contributed by atoms with Crippen molar-refractivity contribution in [1.82, 2.24) is 4.90 Å². The van der Waals surface area contributed by atoms with Crippen molar-refractivity contribution in [3.63, 3.8) is 0 Å². The van der Waals surface area contributed by atoms with Crippen molar-refractivity contribution in [1.29, 1.82) is 0 Å². The van der Waals surface area contributed by atoms with Crippen LogP contribution in [-0.2, 0) is 14.3 Å².